The summed E-state index contributed by atoms with van der Waals surface area (Å²) < 4.78 is 0. The van der Waals surface area contributed by atoms with E-state index < -0.39 is 0 Å². The molecule has 0 atom stereocenters. The van der Waals surface area contributed by atoms with Crippen molar-refractivity contribution < 1.29 is 4.79 Å². The third kappa shape index (κ3) is 2.90. The molecule has 2 aromatic heterocycles. The Morgan fingerprint density at radius 2 is 2.40 bits per heavy atom. The fraction of sp³-hybridized carbons (Fsp3) is 0.500. The maximum atomic E-state index is 12.6. The van der Waals surface area contributed by atoms with Crippen molar-refractivity contribution in [1.82, 2.24) is 20.1 Å². The zero-order valence-corrected chi connectivity index (χ0v) is 12.3. The summed E-state index contributed by atoms with van der Waals surface area (Å²) in [7, 11) is 0. The molecule has 1 fully saturated rings. The van der Waals surface area contributed by atoms with Crippen LogP contribution in [0.1, 0.15) is 47.5 Å². The molecule has 0 unspecified atom stereocenters. The van der Waals surface area contributed by atoms with E-state index in [4.69, 9.17) is 0 Å². The van der Waals surface area contributed by atoms with Crippen LogP contribution in [0.15, 0.2) is 17.5 Å². The standard InChI is InChI=1S/C14H18N4OS/c1-2-4-12-15-13(17-16-12)14(19)18(10-6-7-10)9-11-5-3-8-20-11/h3,5,8,10H,2,4,6-7,9H2,1H3,(H,15,16,17). The lowest BCUT2D eigenvalue weighted by Crippen LogP contribution is -2.33. The maximum absolute atomic E-state index is 12.6. The van der Waals surface area contributed by atoms with Crippen LogP contribution < -0.4 is 0 Å². The molecule has 1 saturated carbocycles. The minimum absolute atomic E-state index is 0.0560. The number of carbonyl (C=O) groups is 1. The highest BCUT2D eigenvalue weighted by Gasteiger charge is 2.34. The maximum Gasteiger partial charge on any atom is 0.294 e. The molecule has 0 aromatic carbocycles. The Labute approximate surface area is 122 Å². The van der Waals surface area contributed by atoms with Crippen molar-refractivity contribution in [1.29, 1.82) is 0 Å². The average Bonchev–Trinajstić information content (AvgIpc) is 2.97. The van der Waals surface area contributed by atoms with Gasteiger partial charge in [0.2, 0.25) is 5.82 Å². The summed E-state index contributed by atoms with van der Waals surface area (Å²) in [5.74, 6) is 1.04. The first-order valence-electron chi connectivity index (χ1n) is 7.02. The highest BCUT2D eigenvalue weighted by molar-refractivity contribution is 7.09. The topological polar surface area (TPSA) is 61.9 Å². The molecule has 5 nitrogen and oxygen atoms in total. The number of rotatable bonds is 6. The van der Waals surface area contributed by atoms with Gasteiger partial charge in [-0.3, -0.25) is 9.89 Å². The van der Waals surface area contributed by atoms with Gasteiger partial charge in [-0.05, 0) is 30.7 Å². The monoisotopic (exact) mass is 290 g/mol. The molecule has 20 heavy (non-hydrogen) atoms. The van der Waals surface area contributed by atoms with Gasteiger partial charge in [0.1, 0.15) is 5.82 Å². The summed E-state index contributed by atoms with van der Waals surface area (Å²) >= 11 is 1.68. The molecular formula is C14H18N4OS. The summed E-state index contributed by atoms with van der Waals surface area (Å²) in [4.78, 5) is 20.0. The molecule has 2 aromatic rings. The van der Waals surface area contributed by atoms with Crippen LogP contribution in [0.3, 0.4) is 0 Å². The minimum atomic E-state index is -0.0560. The molecule has 6 heteroatoms. The number of nitrogens with one attached hydrogen (secondary N) is 1. The van der Waals surface area contributed by atoms with E-state index in [0.717, 1.165) is 31.5 Å². The van der Waals surface area contributed by atoms with E-state index in [0.29, 0.717) is 18.4 Å². The van der Waals surface area contributed by atoms with Gasteiger partial charge in [-0.1, -0.05) is 13.0 Å². The van der Waals surface area contributed by atoms with Crippen LogP contribution in [0, 0.1) is 0 Å². The van der Waals surface area contributed by atoms with Gasteiger partial charge in [-0.25, -0.2) is 4.98 Å². The van der Waals surface area contributed by atoms with Crippen LogP contribution in [0.5, 0.6) is 0 Å². The molecule has 106 valence electrons. The molecule has 1 amide bonds. The zero-order chi connectivity index (χ0) is 13.9. The van der Waals surface area contributed by atoms with E-state index in [1.54, 1.807) is 11.3 Å². The van der Waals surface area contributed by atoms with Crippen LogP contribution in [-0.4, -0.2) is 32.0 Å². The van der Waals surface area contributed by atoms with E-state index >= 15 is 0 Å². The molecule has 1 aliphatic rings. The number of thiophene rings is 1. The van der Waals surface area contributed by atoms with Crippen LogP contribution >= 0.6 is 11.3 Å². The Bertz CT molecular complexity index is 574. The Balaban J connectivity index is 1.74. The van der Waals surface area contributed by atoms with Crippen molar-refractivity contribution >= 4 is 17.2 Å². The zero-order valence-electron chi connectivity index (χ0n) is 11.5. The number of aromatic nitrogens is 3. The molecule has 0 spiro atoms. The van der Waals surface area contributed by atoms with Gasteiger partial charge in [0.15, 0.2) is 0 Å². The van der Waals surface area contributed by atoms with Gasteiger partial charge in [0.05, 0.1) is 6.54 Å². The average molecular weight is 290 g/mol. The normalized spacial score (nSPS) is 14.4. The lowest BCUT2D eigenvalue weighted by molar-refractivity contribution is 0.0719. The molecule has 0 saturated heterocycles. The number of aromatic amines is 1. The molecule has 0 bridgehead atoms. The van der Waals surface area contributed by atoms with Crippen LogP contribution in [-0.2, 0) is 13.0 Å². The second-order valence-electron chi connectivity index (χ2n) is 5.10. The van der Waals surface area contributed by atoms with Crippen molar-refractivity contribution in [2.45, 2.75) is 45.2 Å². The molecule has 1 aliphatic carbocycles. The molecular weight excluding hydrogens is 272 g/mol. The summed E-state index contributed by atoms with van der Waals surface area (Å²) in [5.41, 5.74) is 0. The Morgan fingerprint density at radius 1 is 1.55 bits per heavy atom. The van der Waals surface area contributed by atoms with Crippen molar-refractivity contribution in [2.75, 3.05) is 0 Å². The van der Waals surface area contributed by atoms with Gasteiger partial charge < -0.3 is 4.90 Å². The predicted octanol–water partition coefficient (Wildman–Crippen LogP) is 2.62. The fourth-order valence-electron chi connectivity index (χ4n) is 2.19. The predicted molar refractivity (Wildman–Crippen MR) is 77.6 cm³/mol. The van der Waals surface area contributed by atoms with Gasteiger partial charge >= 0.3 is 0 Å². The number of hydrogen-bond donors (Lipinski definition) is 1. The van der Waals surface area contributed by atoms with Gasteiger partial charge in [-0.2, -0.15) is 0 Å². The van der Waals surface area contributed by atoms with Crippen molar-refractivity contribution in [3.63, 3.8) is 0 Å². The quantitative estimate of drug-likeness (QED) is 0.889. The minimum Gasteiger partial charge on any atom is -0.328 e. The van der Waals surface area contributed by atoms with E-state index in [9.17, 15) is 4.79 Å². The van der Waals surface area contributed by atoms with Gasteiger partial charge in [0, 0.05) is 17.3 Å². The summed E-state index contributed by atoms with van der Waals surface area (Å²) in [6.07, 6.45) is 3.99. The third-order valence-corrected chi connectivity index (χ3v) is 4.23. The highest BCUT2D eigenvalue weighted by atomic mass is 32.1. The lowest BCUT2D eigenvalue weighted by Gasteiger charge is -2.19. The second-order valence-corrected chi connectivity index (χ2v) is 6.13. The first-order chi connectivity index (χ1) is 9.78. The fourth-order valence-corrected chi connectivity index (χ4v) is 2.89. The van der Waals surface area contributed by atoms with E-state index in [-0.39, 0.29) is 5.91 Å². The number of aryl methyl sites for hydroxylation is 1. The number of amides is 1. The summed E-state index contributed by atoms with van der Waals surface area (Å²) in [5, 5.41) is 8.96. The third-order valence-electron chi connectivity index (χ3n) is 3.36. The second kappa shape index (κ2) is 5.75. The van der Waals surface area contributed by atoms with Gasteiger partial charge in [-0.15, -0.1) is 16.4 Å². The summed E-state index contributed by atoms with van der Waals surface area (Å²) in [6, 6.07) is 4.44. The van der Waals surface area contributed by atoms with Gasteiger partial charge in [0.25, 0.3) is 5.91 Å². The van der Waals surface area contributed by atoms with Crippen LogP contribution in [0.4, 0.5) is 0 Å². The number of carbonyl (C=O) groups excluding carboxylic acids is 1. The van der Waals surface area contributed by atoms with Crippen molar-refractivity contribution in [3.8, 4) is 0 Å². The Morgan fingerprint density at radius 3 is 3.05 bits per heavy atom. The van der Waals surface area contributed by atoms with E-state index in [1.165, 1.54) is 4.88 Å². The molecule has 0 aliphatic heterocycles. The van der Waals surface area contributed by atoms with Crippen LogP contribution in [0.25, 0.3) is 0 Å². The summed E-state index contributed by atoms with van der Waals surface area (Å²) in [6.45, 7) is 2.75. The smallest absolute Gasteiger partial charge is 0.294 e. The molecule has 2 heterocycles. The Hall–Kier alpha value is -1.69. The first-order valence-corrected chi connectivity index (χ1v) is 7.90. The van der Waals surface area contributed by atoms with Crippen molar-refractivity contribution in [3.05, 3.63) is 34.0 Å². The number of hydrogen-bond acceptors (Lipinski definition) is 4. The first kappa shape index (κ1) is 13.3. The SMILES string of the molecule is CCCc1nc(C(=O)N(Cc2cccs2)C2CC2)n[nH]1. The highest BCUT2D eigenvalue weighted by Crippen LogP contribution is 2.30. The number of H-pyrrole nitrogens is 1. The van der Waals surface area contributed by atoms with E-state index in [1.807, 2.05) is 16.3 Å². The molecule has 3 rings (SSSR count). The van der Waals surface area contributed by atoms with E-state index in [2.05, 4.69) is 28.2 Å². The Kier molecular flexibility index (Phi) is 3.82. The lowest BCUT2D eigenvalue weighted by atomic mass is 10.3. The largest absolute Gasteiger partial charge is 0.328 e. The molecule has 1 N–H and O–H groups in total. The number of nitrogens with zero attached hydrogens (tertiary/aromatic N) is 3. The van der Waals surface area contributed by atoms with Crippen LogP contribution in [0.2, 0.25) is 0 Å². The van der Waals surface area contributed by atoms with Crippen molar-refractivity contribution in [2.24, 2.45) is 0 Å². The molecule has 0 radical (unpaired) electrons.